The molecule has 2 saturated heterocycles. The number of aromatic nitrogens is 1. The molecule has 3 rings (SSSR count). The highest BCUT2D eigenvalue weighted by atomic mass is 32.1. The molecule has 0 radical (unpaired) electrons. The van der Waals surface area contributed by atoms with Crippen molar-refractivity contribution in [1.82, 2.24) is 10.3 Å². The number of hydrogen-bond donors (Lipinski definition) is 1. The van der Waals surface area contributed by atoms with Gasteiger partial charge in [0.1, 0.15) is 6.20 Å². The van der Waals surface area contributed by atoms with Crippen LogP contribution in [0.3, 0.4) is 0 Å². The van der Waals surface area contributed by atoms with E-state index in [0.29, 0.717) is 12.0 Å². The molecule has 92 valence electrons. The fourth-order valence-corrected chi connectivity index (χ4v) is 3.48. The first-order valence-corrected chi connectivity index (χ1v) is 6.64. The van der Waals surface area contributed by atoms with Crippen LogP contribution in [0.25, 0.3) is 0 Å². The van der Waals surface area contributed by atoms with Crippen molar-refractivity contribution in [3.63, 3.8) is 0 Å². The van der Waals surface area contributed by atoms with E-state index in [-0.39, 0.29) is 9.92 Å². The zero-order chi connectivity index (χ0) is 11.8. The van der Waals surface area contributed by atoms with E-state index in [9.17, 15) is 10.1 Å². The number of piperidine rings is 1. The van der Waals surface area contributed by atoms with E-state index < -0.39 is 0 Å². The molecule has 0 saturated carbocycles. The van der Waals surface area contributed by atoms with Crippen molar-refractivity contribution in [3.8, 4) is 0 Å². The first-order chi connectivity index (χ1) is 8.24. The van der Waals surface area contributed by atoms with Gasteiger partial charge in [0.15, 0.2) is 5.13 Å². The Morgan fingerprint density at radius 3 is 3.24 bits per heavy atom. The standard InChI is InChI=1S/C10H14N4O2S/c15-14(16)9-5-12-10(17-9)13-4-2-8-7(6-13)1-3-11-8/h5,7-8,11H,1-4,6H2. The quantitative estimate of drug-likeness (QED) is 0.635. The predicted molar refractivity (Wildman–Crippen MR) is 65.5 cm³/mol. The molecular weight excluding hydrogens is 240 g/mol. The summed E-state index contributed by atoms with van der Waals surface area (Å²) in [4.78, 5) is 16.6. The molecule has 0 bridgehead atoms. The van der Waals surface area contributed by atoms with Crippen LogP contribution < -0.4 is 10.2 Å². The van der Waals surface area contributed by atoms with Gasteiger partial charge in [0, 0.05) is 19.1 Å². The minimum absolute atomic E-state index is 0.131. The maximum Gasteiger partial charge on any atom is 0.345 e. The lowest BCUT2D eigenvalue weighted by molar-refractivity contribution is -0.380. The summed E-state index contributed by atoms with van der Waals surface area (Å²) >= 11 is 1.18. The smallest absolute Gasteiger partial charge is 0.345 e. The molecule has 17 heavy (non-hydrogen) atoms. The van der Waals surface area contributed by atoms with Crippen LogP contribution in [-0.4, -0.2) is 35.6 Å². The Bertz CT molecular complexity index is 436. The normalized spacial score (nSPS) is 28.1. The van der Waals surface area contributed by atoms with Crippen LogP contribution >= 0.6 is 11.3 Å². The van der Waals surface area contributed by atoms with E-state index in [2.05, 4.69) is 15.2 Å². The summed E-state index contributed by atoms with van der Waals surface area (Å²) in [6.07, 6.45) is 3.67. The van der Waals surface area contributed by atoms with Crippen LogP contribution in [0.2, 0.25) is 0 Å². The first-order valence-electron chi connectivity index (χ1n) is 5.82. The van der Waals surface area contributed by atoms with Crippen molar-refractivity contribution in [2.45, 2.75) is 18.9 Å². The van der Waals surface area contributed by atoms with E-state index in [1.165, 1.54) is 24.0 Å². The summed E-state index contributed by atoms with van der Waals surface area (Å²) in [6, 6.07) is 0.640. The molecule has 0 aliphatic carbocycles. The number of anilines is 1. The Hall–Kier alpha value is -1.21. The summed E-state index contributed by atoms with van der Waals surface area (Å²) in [7, 11) is 0. The van der Waals surface area contributed by atoms with Gasteiger partial charge < -0.3 is 10.2 Å². The van der Waals surface area contributed by atoms with Gasteiger partial charge in [0.25, 0.3) is 0 Å². The molecule has 2 atom stereocenters. The summed E-state index contributed by atoms with van der Waals surface area (Å²) in [5, 5.41) is 15.1. The van der Waals surface area contributed by atoms with Gasteiger partial charge in [0.05, 0.1) is 4.92 Å². The highest BCUT2D eigenvalue weighted by molar-refractivity contribution is 7.18. The van der Waals surface area contributed by atoms with Crippen molar-refractivity contribution in [2.24, 2.45) is 5.92 Å². The number of hydrogen-bond acceptors (Lipinski definition) is 6. The number of nitrogens with one attached hydrogen (secondary N) is 1. The van der Waals surface area contributed by atoms with Gasteiger partial charge in [-0.25, -0.2) is 4.98 Å². The van der Waals surface area contributed by atoms with Gasteiger partial charge in [0.2, 0.25) is 0 Å². The Balaban J connectivity index is 1.73. The monoisotopic (exact) mass is 254 g/mol. The molecule has 2 aliphatic rings. The molecule has 1 N–H and O–H groups in total. The number of nitro groups is 1. The number of fused-ring (bicyclic) bond motifs is 1. The maximum absolute atomic E-state index is 10.6. The topological polar surface area (TPSA) is 71.3 Å². The van der Waals surface area contributed by atoms with E-state index in [0.717, 1.165) is 31.2 Å². The molecule has 2 aliphatic heterocycles. The van der Waals surface area contributed by atoms with Gasteiger partial charge in [-0.05, 0) is 36.6 Å². The maximum atomic E-state index is 10.6. The van der Waals surface area contributed by atoms with E-state index in [4.69, 9.17) is 0 Å². The SMILES string of the molecule is O=[N+]([O-])c1cnc(N2CCC3NCCC3C2)s1. The van der Waals surface area contributed by atoms with E-state index in [1.807, 2.05) is 0 Å². The van der Waals surface area contributed by atoms with Crippen LogP contribution in [-0.2, 0) is 0 Å². The van der Waals surface area contributed by atoms with Gasteiger partial charge >= 0.3 is 5.00 Å². The predicted octanol–water partition coefficient (Wildman–Crippen LogP) is 1.24. The van der Waals surface area contributed by atoms with Crippen LogP contribution in [0.1, 0.15) is 12.8 Å². The van der Waals surface area contributed by atoms with Gasteiger partial charge in [-0.3, -0.25) is 10.1 Å². The molecule has 6 nitrogen and oxygen atoms in total. The molecule has 1 aromatic heterocycles. The Labute approximate surface area is 103 Å². The minimum Gasteiger partial charge on any atom is -0.348 e. The van der Waals surface area contributed by atoms with Gasteiger partial charge in [-0.2, -0.15) is 0 Å². The molecule has 0 spiro atoms. The number of rotatable bonds is 2. The molecular formula is C10H14N4O2S. The first kappa shape index (κ1) is 10.9. The number of thiazole rings is 1. The number of nitrogens with zero attached hydrogens (tertiary/aromatic N) is 3. The summed E-state index contributed by atoms with van der Waals surface area (Å²) in [6.45, 7) is 3.02. The summed E-state index contributed by atoms with van der Waals surface area (Å²) in [5.41, 5.74) is 0. The van der Waals surface area contributed by atoms with Crippen molar-refractivity contribution in [3.05, 3.63) is 16.3 Å². The second-order valence-electron chi connectivity index (χ2n) is 4.58. The third kappa shape index (κ3) is 2.00. The lowest BCUT2D eigenvalue weighted by Gasteiger charge is -2.34. The second-order valence-corrected chi connectivity index (χ2v) is 5.57. The Morgan fingerprint density at radius 2 is 2.47 bits per heavy atom. The van der Waals surface area contributed by atoms with Crippen molar-refractivity contribution >= 4 is 21.5 Å². The van der Waals surface area contributed by atoms with E-state index >= 15 is 0 Å². The van der Waals surface area contributed by atoms with Crippen LogP contribution in [0, 0.1) is 16.0 Å². The summed E-state index contributed by atoms with van der Waals surface area (Å²) < 4.78 is 0. The van der Waals surface area contributed by atoms with Gasteiger partial charge in [-0.15, -0.1) is 0 Å². The molecule has 1 aromatic rings. The lowest BCUT2D eigenvalue weighted by Crippen LogP contribution is -2.44. The lowest BCUT2D eigenvalue weighted by atomic mass is 9.94. The van der Waals surface area contributed by atoms with Crippen molar-refractivity contribution in [2.75, 3.05) is 24.5 Å². The van der Waals surface area contributed by atoms with Crippen LogP contribution in [0.4, 0.5) is 10.1 Å². The third-order valence-electron chi connectivity index (χ3n) is 3.59. The van der Waals surface area contributed by atoms with E-state index in [1.54, 1.807) is 0 Å². The summed E-state index contributed by atoms with van der Waals surface area (Å²) in [5.74, 6) is 0.673. The molecule has 0 amide bonds. The largest absolute Gasteiger partial charge is 0.348 e. The van der Waals surface area contributed by atoms with Crippen molar-refractivity contribution in [1.29, 1.82) is 0 Å². The van der Waals surface area contributed by atoms with Gasteiger partial charge in [-0.1, -0.05) is 0 Å². The third-order valence-corrected chi connectivity index (χ3v) is 4.60. The minimum atomic E-state index is -0.370. The zero-order valence-corrected chi connectivity index (χ0v) is 10.2. The Kier molecular flexibility index (Phi) is 2.71. The van der Waals surface area contributed by atoms with Crippen LogP contribution in [0.5, 0.6) is 0 Å². The molecule has 2 unspecified atom stereocenters. The fourth-order valence-electron chi connectivity index (χ4n) is 2.71. The highest BCUT2D eigenvalue weighted by Crippen LogP contribution is 2.33. The van der Waals surface area contributed by atoms with Crippen LogP contribution in [0.15, 0.2) is 6.20 Å². The fraction of sp³-hybridized carbons (Fsp3) is 0.700. The second kappa shape index (κ2) is 4.23. The molecule has 7 heteroatoms. The average Bonchev–Trinajstić information content (AvgIpc) is 2.97. The zero-order valence-electron chi connectivity index (χ0n) is 9.33. The molecule has 2 fully saturated rings. The Morgan fingerprint density at radius 1 is 1.59 bits per heavy atom. The highest BCUT2D eigenvalue weighted by Gasteiger charge is 2.33. The molecule has 3 heterocycles. The van der Waals surface area contributed by atoms with Crippen molar-refractivity contribution < 1.29 is 4.92 Å². The average molecular weight is 254 g/mol. The molecule has 0 aromatic carbocycles.